The molecule has 0 aliphatic carbocycles. The molecule has 0 aromatic heterocycles. The van der Waals surface area contributed by atoms with Gasteiger partial charge in [-0.05, 0) is 39.3 Å². The van der Waals surface area contributed by atoms with Crippen molar-refractivity contribution < 1.29 is 0 Å². The third-order valence-corrected chi connectivity index (χ3v) is 3.38. The Morgan fingerprint density at radius 3 is 2.53 bits per heavy atom. The van der Waals surface area contributed by atoms with E-state index in [1.807, 2.05) is 13.0 Å². The van der Waals surface area contributed by atoms with Gasteiger partial charge in [-0.2, -0.15) is 0 Å². The number of hydrogen-bond donors (Lipinski definition) is 2. The quantitative estimate of drug-likeness (QED) is 0.447. The van der Waals surface area contributed by atoms with Crippen LogP contribution in [0.1, 0.15) is 51.2 Å². The van der Waals surface area contributed by atoms with Crippen LogP contribution in [0, 0.1) is 12.3 Å². The van der Waals surface area contributed by atoms with E-state index in [0.29, 0.717) is 6.04 Å². The average molecular weight is 261 g/mol. The summed E-state index contributed by atoms with van der Waals surface area (Å²) in [5, 5.41) is 7.77. The van der Waals surface area contributed by atoms with Crippen LogP contribution in [0.15, 0.2) is 18.2 Å². The van der Waals surface area contributed by atoms with Gasteiger partial charge in [-0.15, -0.1) is 0 Å². The van der Waals surface area contributed by atoms with Crippen LogP contribution in [0.4, 0.5) is 5.69 Å². The fourth-order valence-electron chi connectivity index (χ4n) is 2.31. The molecular weight excluding hydrogens is 234 g/mol. The molecule has 0 bridgehead atoms. The van der Waals surface area contributed by atoms with Crippen molar-refractivity contribution in [3.05, 3.63) is 29.3 Å². The molecule has 0 spiro atoms. The normalized spacial score (nSPS) is 10.8. The first-order chi connectivity index (χ1) is 8.97. The van der Waals surface area contributed by atoms with Crippen LogP contribution in [0.2, 0.25) is 0 Å². The summed E-state index contributed by atoms with van der Waals surface area (Å²) in [5.74, 6) is 0.153. The number of hydrogen-bond acceptors (Lipinski definition) is 2. The molecule has 1 rings (SSSR count). The number of rotatable bonds is 7. The van der Waals surface area contributed by atoms with Gasteiger partial charge in [0.05, 0.1) is 0 Å². The van der Waals surface area contributed by atoms with Crippen molar-refractivity contribution in [2.24, 2.45) is 5.73 Å². The molecule has 0 radical (unpaired) electrons. The number of anilines is 1. The van der Waals surface area contributed by atoms with Gasteiger partial charge in [-0.25, -0.2) is 0 Å². The number of nitrogen functional groups attached to an aromatic ring is 1. The lowest BCUT2D eigenvalue weighted by molar-refractivity contribution is 0.625. The molecule has 1 aromatic rings. The smallest absolute Gasteiger partial charge is 0.124 e. The molecule has 0 atom stereocenters. The minimum Gasteiger partial charge on any atom is -0.384 e. The first-order valence-electron chi connectivity index (χ1n) is 7.19. The molecule has 3 heteroatoms. The van der Waals surface area contributed by atoms with Crippen molar-refractivity contribution in [2.75, 3.05) is 11.4 Å². The van der Waals surface area contributed by atoms with Crippen LogP contribution in [0.3, 0.4) is 0 Å². The van der Waals surface area contributed by atoms with E-state index in [1.165, 1.54) is 19.3 Å². The van der Waals surface area contributed by atoms with Crippen LogP contribution in [0.25, 0.3) is 0 Å². The number of nitrogens with one attached hydrogen (secondary N) is 1. The molecule has 19 heavy (non-hydrogen) atoms. The fraction of sp³-hybridized carbons (Fsp3) is 0.562. The summed E-state index contributed by atoms with van der Waals surface area (Å²) in [5.41, 5.74) is 8.82. The molecule has 3 N–H and O–H groups in total. The highest BCUT2D eigenvalue weighted by Crippen LogP contribution is 2.24. The number of benzene rings is 1. The standard InChI is InChI=1S/C16H27N3/c1-5-6-7-10-19(12(2)3)15-9-8-13(4)11-14(15)16(17)18/h8-9,11-12H,5-7,10H2,1-4H3,(H3,17,18). The van der Waals surface area contributed by atoms with E-state index in [2.05, 4.69) is 37.8 Å². The van der Waals surface area contributed by atoms with Gasteiger partial charge in [0, 0.05) is 23.8 Å². The molecule has 0 saturated heterocycles. The van der Waals surface area contributed by atoms with Crippen molar-refractivity contribution in [1.29, 1.82) is 5.41 Å². The monoisotopic (exact) mass is 261 g/mol. The van der Waals surface area contributed by atoms with Gasteiger partial charge in [-0.3, -0.25) is 5.41 Å². The third-order valence-electron chi connectivity index (χ3n) is 3.38. The Morgan fingerprint density at radius 1 is 1.32 bits per heavy atom. The number of aryl methyl sites for hydroxylation is 1. The Hall–Kier alpha value is -1.51. The summed E-state index contributed by atoms with van der Waals surface area (Å²) in [6.45, 7) is 9.65. The Labute approximate surface area is 117 Å². The van der Waals surface area contributed by atoms with Crippen LogP contribution >= 0.6 is 0 Å². The topological polar surface area (TPSA) is 53.1 Å². The lowest BCUT2D eigenvalue weighted by atomic mass is 10.1. The second kappa shape index (κ2) is 7.17. The fourth-order valence-corrected chi connectivity index (χ4v) is 2.31. The summed E-state index contributed by atoms with van der Waals surface area (Å²) in [6, 6.07) is 6.61. The maximum Gasteiger partial charge on any atom is 0.124 e. The molecule has 0 saturated carbocycles. The predicted molar refractivity (Wildman–Crippen MR) is 84.2 cm³/mol. The van der Waals surface area contributed by atoms with Crippen molar-refractivity contribution in [2.45, 2.75) is 53.0 Å². The predicted octanol–water partition coefficient (Wildman–Crippen LogP) is 3.68. The lowest BCUT2D eigenvalue weighted by Gasteiger charge is -2.31. The maximum absolute atomic E-state index is 7.77. The highest BCUT2D eigenvalue weighted by Gasteiger charge is 2.15. The van der Waals surface area contributed by atoms with Gasteiger partial charge in [0.15, 0.2) is 0 Å². The maximum atomic E-state index is 7.77. The van der Waals surface area contributed by atoms with Gasteiger partial charge in [0.25, 0.3) is 0 Å². The summed E-state index contributed by atoms with van der Waals surface area (Å²) in [4.78, 5) is 2.35. The molecule has 0 amide bonds. The van der Waals surface area contributed by atoms with E-state index in [4.69, 9.17) is 11.1 Å². The van der Waals surface area contributed by atoms with Gasteiger partial charge in [0.2, 0.25) is 0 Å². The largest absolute Gasteiger partial charge is 0.384 e. The van der Waals surface area contributed by atoms with Crippen LogP contribution in [-0.2, 0) is 0 Å². The Balaban J connectivity index is 3.04. The second-order valence-electron chi connectivity index (χ2n) is 5.43. The van der Waals surface area contributed by atoms with Gasteiger partial charge < -0.3 is 10.6 Å². The van der Waals surface area contributed by atoms with Crippen LogP contribution in [0.5, 0.6) is 0 Å². The van der Waals surface area contributed by atoms with Gasteiger partial charge in [0.1, 0.15) is 5.84 Å². The second-order valence-corrected chi connectivity index (χ2v) is 5.43. The van der Waals surface area contributed by atoms with E-state index >= 15 is 0 Å². The molecule has 3 nitrogen and oxygen atoms in total. The van der Waals surface area contributed by atoms with E-state index in [0.717, 1.165) is 23.4 Å². The molecular formula is C16H27N3. The zero-order valence-corrected chi connectivity index (χ0v) is 12.7. The van der Waals surface area contributed by atoms with E-state index in [9.17, 15) is 0 Å². The van der Waals surface area contributed by atoms with Crippen molar-refractivity contribution >= 4 is 11.5 Å². The molecule has 0 unspecified atom stereocenters. The number of unbranched alkanes of at least 4 members (excludes halogenated alkanes) is 2. The van der Waals surface area contributed by atoms with Crippen molar-refractivity contribution in [1.82, 2.24) is 0 Å². The first kappa shape index (κ1) is 15.5. The molecule has 1 aromatic carbocycles. The zero-order valence-electron chi connectivity index (χ0n) is 12.7. The summed E-state index contributed by atoms with van der Waals surface area (Å²) < 4.78 is 0. The lowest BCUT2D eigenvalue weighted by Crippen LogP contribution is -2.33. The van der Waals surface area contributed by atoms with E-state index in [1.54, 1.807) is 0 Å². The third kappa shape index (κ3) is 4.27. The minimum absolute atomic E-state index is 0.153. The Bertz CT molecular complexity index is 424. The minimum atomic E-state index is 0.153. The molecule has 0 heterocycles. The Morgan fingerprint density at radius 2 is 2.00 bits per heavy atom. The molecule has 0 fully saturated rings. The number of nitrogens with zero attached hydrogens (tertiary/aromatic N) is 1. The highest BCUT2D eigenvalue weighted by atomic mass is 15.2. The zero-order chi connectivity index (χ0) is 14.4. The number of amidine groups is 1. The summed E-state index contributed by atoms with van der Waals surface area (Å²) in [7, 11) is 0. The first-order valence-corrected chi connectivity index (χ1v) is 7.19. The SMILES string of the molecule is CCCCCN(c1ccc(C)cc1C(=N)N)C(C)C. The van der Waals surface area contributed by atoms with E-state index < -0.39 is 0 Å². The van der Waals surface area contributed by atoms with Crippen LogP contribution < -0.4 is 10.6 Å². The van der Waals surface area contributed by atoms with E-state index in [-0.39, 0.29) is 5.84 Å². The average Bonchev–Trinajstić information content (AvgIpc) is 2.35. The van der Waals surface area contributed by atoms with Gasteiger partial charge in [-0.1, -0.05) is 31.4 Å². The van der Waals surface area contributed by atoms with Crippen molar-refractivity contribution in [3.63, 3.8) is 0 Å². The summed E-state index contributed by atoms with van der Waals surface area (Å²) >= 11 is 0. The van der Waals surface area contributed by atoms with Crippen LogP contribution in [-0.4, -0.2) is 18.4 Å². The number of nitrogens with two attached hydrogens (primary N) is 1. The molecule has 0 aliphatic heterocycles. The van der Waals surface area contributed by atoms with Gasteiger partial charge >= 0.3 is 0 Å². The highest BCUT2D eigenvalue weighted by molar-refractivity contribution is 6.00. The molecule has 0 aliphatic rings. The molecule has 106 valence electrons. The summed E-state index contributed by atoms with van der Waals surface area (Å²) in [6.07, 6.45) is 3.64. The Kier molecular flexibility index (Phi) is 5.87. The van der Waals surface area contributed by atoms with Crippen molar-refractivity contribution in [3.8, 4) is 0 Å².